The van der Waals surface area contributed by atoms with Gasteiger partial charge in [0.1, 0.15) is 19.6 Å². The van der Waals surface area contributed by atoms with Crippen molar-refractivity contribution in [3.8, 4) is 0 Å². The molecule has 0 radical (unpaired) electrons. The van der Waals surface area contributed by atoms with Gasteiger partial charge in [-0.05, 0) is 20.8 Å². The lowest BCUT2D eigenvalue weighted by Gasteiger charge is -2.38. The number of carboxylic acid groups (broad SMARTS) is 1. The molecule has 106 valence electrons. The number of nitrogens with zero attached hydrogens (tertiary/aromatic N) is 2. The molecular weight excluding hydrogens is 254 g/mol. The Hall–Kier alpha value is -2.12. The van der Waals surface area contributed by atoms with E-state index in [1.165, 1.54) is 0 Å². The van der Waals surface area contributed by atoms with Crippen LogP contribution in [0.15, 0.2) is 0 Å². The lowest BCUT2D eigenvalue weighted by molar-refractivity contribution is -0.138. The Morgan fingerprint density at radius 1 is 1.26 bits per heavy atom. The zero-order valence-corrected chi connectivity index (χ0v) is 11.1. The van der Waals surface area contributed by atoms with Crippen LogP contribution in [0.25, 0.3) is 0 Å². The molecule has 0 bridgehead atoms. The summed E-state index contributed by atoms with van der Waals surface area (Å²) < 4.78 is 0. The molecule has 1 aliphatic heterocycles. The van der Waals surface area contributed by atoms with Gasteiger partial charge >= 0.3 is 12.0 Å². The predicted molar refractivity (Wildman–Crippen MR) is 64.2 cm³/mol. The molecule has 0 aromatic rings. The summed E-state index contributed by atoms with van der Waals surface area (Å²) in [5.41, 5.74) is -0.730. The second-order valence-electron chi connectivity index (χ2n) is 5.26. The number of amides is 4. The van der Waals surface area contributed by atoms with Gasteiger partial charge in [-0.25, -0.2) is 4.79 Å². The topological polar surface area (TPSA) is 107 Å². The highest BCUT2D eigenvalue weighted by atomic mass is 16.4. The quantitative estimate of drug-likeness (QED) is 0.643. The van der Waals surface area contributed by atoms with Crippen molar-refractivity contribution >= 4 is 23.8 Å². The molecule has 8 nitrogen and oxygen atoms in total. The van der Waals surface area contributed by atoms with Crippen molar-refractivity contribution in [2.24, 2.45) is 0 Å². The molecule has 2 N–H and O–H groups in total. The van der Waals surface area contributed by atoms with Gasteiger partial charge in [0.2, 0.25) is 11.8 Å². The van der Waals surface area contributed by atoms with Crippen LogP contribution in [0.4, 0.5) is 4.79 Å². The fraction of sp³-hybridized carbons (Fsp3) is 0.636. The molecule has 1 rings (SSSR count). The summed E-state index contributed by atoms with van der Waals surface area (Å²) in [4.78, 5) is 47.6. The van der Waals surface area contributed by atoms with E-state index in [2.05, 4.69) is 5.32 Å². The van der Waals surface area contributed by atoms with Crippen molar-refractivity contribution in [1.82, 2.24) is 15.1 Å². The third-order valence-electron chi connectivity index (χ3n) is 2.55. The molecule has 4 amide bonds. The molecule has 0 aliphatic carbocycles. The molecule has 19 heavy (non-hydrogen) atoms. The summed E-state index contributed by atoms with van der Waals surface area (Å²) in [7, 11) is 0. The Labute approximate surface area is 110 Å². The number of piperazine rings is 1. The fourth-order valence-electron chi connectivity index (χ4n) is 1.67. The van der Waals surface area contributed by atoms with Crippen molar-refractivity contribution in [2.75, 3.05) is 19.6 Å². The maximum atomic E-state index is 12.2. The van der Waals surface area contributed by atoms with Crippen LogP contribution in [-0.4, -0.2) is 63.9 Å². The van der Waals surface area contributed by atoms with Crippen LogP contribution >= 0.6 is 0 Å². The molecule has 8 heteroatoms. The Kier molecular flexibility index (Phi) is 4.13. The summed E-state index contributed by atoms with van der Waals surface area (Å²) in [5.74, 6) is -2.31. The second kappa shape index (κ2) is 5.25. The van der Waals surface area contributed by atoms with Crippen molar-refractivity contribution in [1.29, 1.82) is 0 Å². The summed E-state index contributed by atoms with van der Waals surface area (Å²) >= 11 is 0. The Bertz CT molecular complexity index is 411. The van der Waals surface area contributed by atoms with Crippen molar-refractivity contribution < 1.29 is 24.3 Å². The van der Waals surface area contributed by atoms with Gasteiger partial charge in [0, 0.05) is 5.54 Å². The molecule has 0 atom stereocenters. The summed E-state index contributed by atoms with van der Waals surface area (Å²) in [6.45, 7) is 4.04. The van der Waals surface area contributed by atoms with Crippen molar-refractivity contribution in [3.63, 3.8) is 0 Å². The number of hydrogen-bond acceptors (Lipinski definition) is 4. The van der Waals surface area contributed by atoms with Gasteiger partial charge in [-0.1, -0.05) is 0 Å². The summed E-state index contributed by atoms with van der Waals surface area (Å²) in [5, 5.41) is 10.9. The number of carbonyl (C=O) groups is 4. The first kappa shape index (κ1) is 14.9. The van der Waals surface area contributed by atoms with E-state index in [9.17, 15) is 19.2 Å². The Balaban J connectivity index is 2.90. The largest absolute Gasteiger partial charge is 0.480 e. The van der Waals surface area contributed by atoms with Crippen LogP contribution in [-0.2, 0) is 14.4 Å². The average Bonchev–Trinajstić information content (AvgIpc) is 2.21. The maximum absolute atomic E-state index is 12.2. The highest BCUT2D eigenvalue weighted by Gasteiger charge is 2.35. The number of rotatable bonds is 2. The fourth-order valence-corrected chi connectivity index (χ4v) is 1.67. The van der Waals surface area contributed by atoms with Crippen molar-refractivity contribution in [3.05, 3.63) is 0 Å². The van der Waals surface area contributed by atoms with Gasteiger partial charge in [-0.3, -0.25) is 19.7 Å². The van der Waals surface area contributed by atoms with E-state index in [0.29, 0.717) is 0 Å². The van der Waals surface area contributed by atoms with Crippen molar-refractivity contribution in [2.45, 2.75) is 26.3 Å². The minimum absolute atomic E-state index is 0.253. The lowest BCUT2D eigenvalue weighted by Crippen LogP contribution is -2.60. The standard InChI is InChI=1S/C11H17N3O5/c1-11(2,3)14(6-9(17)18)10(19)13-4-7(15)12-8(16)5-13/h4-6H2,1-3H3,(H,17,18)(H,12,15,16). The van der Waals surface area contributed by atoms with E-state index in [1.54, 1.807) is 20.8 Å². The average molecular weight is 271 g/mol. The lowest BCUT2D eigenvalue weighted by atomic mass is 10.1. The zero-order chi connectivity index (χ0) is 14.8. The third-order valence-corrected chi connectivity index (χ3v) is 2.55. The van der Waals surface area contributed by atoms with Crippen LogP contribution in [0.5, 0.6) is 0 Å². The monoisotopic (exact) mass is 271 g/mol. The normalized spacial score (nSPS) is 16.1. The number of carboxylic acids is 1. The maximum Gasteiger partial charge on any atom is 0.323 e. The smallest absolute Gasteiger partial charge is 0.323 e. The van der Waals surface area contributed by atoms with Crippen LogP contribution in [0.1, 0.15) is 20.8 Å². The van der Waals surface area contributed by atoms with Crippen LogP contribution in [0, 0.1) is 0 Å². The molecule has 1 fully saturated rings. The van der Waals surface area contributed by atoms with E-state index >= 15 is 0 Å². The SMILES string of the molecule is CC(C)(C)N(CC(=O)O)C(=O)N1CC(=O)NC(=O)C1. The molecule has 0 spiro atoms. The van der Waals surface area contributed by atoms with Gasteiger partial charge in [0.25, 0.3) is 0 Å². The second-order valence-corrected chi connectivity index (χ2v) is 5.26. The molecule has 0 saturated carbocycles. The minimum Gasteiger partial charge on any atom is -0.480 e. The molecule has 0 aromatic heterocycles. The number of hydrogen-bond donors (Lipinski definition) is 2. The molecular formula is C11H17N3O5. The first-order valence-corrected chi connectivity index (χ1v) is 5.72. The Morgan fingerprint density at radius 2 is 1.74 bits per heavy atom. The number of imide groups is 1. The number of carbonyl (C=O) groups excluding carboxylic acids is 3. The molecule has 0 aromatic carbocycles. The van der Waals surface area contributed by atoms with Gasteiger partial charge in [0.05, 0.1) is 0 Å². The van der Waals surface area contributed by atoms with E-state index in [4.69, 9.17) is 5.11 Å². The van der Waals surface area contributed by atoms with Gasteiger partial charge < -0.3 is 14.9 Å². The van der Waals surface area contributed by atoms with E-state index in [0.717, 1.165) is 9.80 Å². The minimum atomic E-state index is -1.16. The van der Waals surface area contributed by atoms with E-state index in [1.807, 2.05) is 0 Å². The Morgan fingerprint density at radius 3 is 2.11 bits per heavy atom. The highest BCUT2D eigenvalue weighted by molar-refractivity contribution is 6.02. The summed E-state index contributed by atoms with van der Waals surface area (Å²) in [6, 6.07) is -0.641. The molecule has 1 saturated heterocycles. The first-order chi connectivity index (χ1) is 8.61. The molecule has 0 unspecified atom stereocenters. The van der Waals surface area contributed by atoms with Gasteiger partial charge in [-0.15, -0.1) is 0 Å². The van der Waals surface area contributed by atoms with Crippen LogP contribution in [0.2, 0.25) is 0 Å². The third kappa shape index (κ3) is 3.94. The predicted octanol–water partition coefficient (Wildman–Crippen LogP) is -0.750. The first-order valence-electron chi connectivity index (χ1n) is 5.72. The van der Waals surface area contributed by atoms with E-state index < -0.39 is 35.9 Å². The van der Waals surface area contributed by atoms with Gasteiger partial charge in [-0.2, -0.15) is 0 Å². The molecule has 1 heterocycles. The van der Waals surface area contributed by atoms with Crippen LogP contribution in [0.3, 0.4) is 0 Å². The van der Waals surface area contributed by atoms with Crippen LogP contribution < -0.4 is 5.32 Å². The summed E-state index contributed by atoms with van der Waals surface area (Å²) in [6.07, 6.45) is 0. The molecule has 1 aliphatic rings. The highest BCUT2D eigenvalue weighted by Crippen LogP contribution is 2.16. The van der Waals surface area contributed by atoms with E-state index in [-0.39, 0.29) is 13.1 Å². The zero-order valence-electron chi connectivity index (χ0n) is 11.1. The number of nitrogens with one attached hydrogen (secondary N) is 1. The van der Waals surface area contributed by atoms with Gasteiger partial charge in [0.15, 0.2) is 0 Å². The number of aliphatic carboxylic acids is 1. The number of urea groups is 1.